The van der Waals surface area contributed by atoms with Crippen LogP contribution in [0.4, 0.5) is 0 Å². The van der Waals surface area contributed by atoms with Crippen LogP contribution < -0.4 is 0 Å². The Morgan fingerprint density at radius 3 is 2.85 bits per heavy atom. The summed E-state index contributed by atoms with van der Waals surface area (Å²) in [5, 5.41) is 3.93. The van der Waals surface area contributed by atoms with Crippen molar-refractivity contribution < 1.29 is 9.32 Å². The number of hydrogen-bond acceptors (Lipinski definition) is 3. The number of carbonyl (C=O) groups excluding carboxylic acids is 1. The van der Waals surface area contributed by atoms with Gasteiger partial charge < -0.3 is 9.42 Å². The number of benzene rings is 1. The molecule has 0 radical (unpaired) electrons. The zero-order chi connectivity index (χ0) is 14.1. The second kappa shape index (κ2) is 5.12. The van der Waals surface area contributed by atoms with Gasteiger partial charge in [0.25, 0.3) is 5.91 Å². The van der Waals surface area contributed by atoms with E-state index in [2.05, 4.69) is 23.4 Å². The molecule has 0 N–H and O–H groups in total. The lowest BCUT2D eigenvalue weighted by Gasteiger charge is -2.28. The summed E-state index contributed by atoms with van der Waals surface area (Å²) in [5.74, 6) is 0.724. The summed E-state index contributed by atoms with van der Waals surface area (Å²) in [7, 11) is 0. The highest BCUT2D eigenvalue weighted by molar-refractivity contribution is 5.96. The van der Waals surface area contributed by atoms with Gasteiger partial charge in [0, 0.05) is 19.5 Å². The minimum absolute atomic E-state index is 0.0371. The molecule has 0 atom stereocenters. The summed E-state index contributed by atoms with van der Waals surface area (Å²) < 4.78 is 5.23. The van der Waals surface area contributed by atoms with Crippen molar-refractivity contribution in [3.05, 3.63) is 52.4 Å². The van der Waals surface area contributed by atoms with Gasteiger partial charge in [-0.3, -0.25) is 4.79 Å². The van der Waals surface area contributed by atoms with E-state index in [1.165, 1.54) is 11.1 Å². The Hall–Kier alpha value is -2.10. The molecule has 1 aromatic carbocycles. The fraction of sp³-hybridized carbons (Fsp3) is 0.375. The van der Waals surface area contributed by atoms with Crippen molar-refractivity contribution in [1.29, 1.82) is 0 Å². The Labute approximate surface area is 118 Å². The topological polar surface area (TPSA) is 46.3 Å². The van der Waals surface area contributed by atoms with E-state index in [9.17, 15) is 4.79 Å². The van der Waals surface area contributed by atoms with Crippen molar-refractivity contribution in [3.63, 3.8) is 0 Å². The van der Waals surface area contributed by atoms with Crippen LogP contribution in [0.25, 0.3) is 0 Å². The molecule has 1 amide bonds. The SMILES string of the molecule is CCc1onc(C)c1C(=O)N1CCc2ccccc2C1. The maximum atomic E-state index is 12.7. The van der Waals surface area contributed by atoms with Crippen LogP contribution in [-0.2, 0) is 19.4 Å². The molecule has 3 rings (SSSR count). The Morgan fingerprint density at radius 1 is 1.35 bits per heavy atom. The van der Waals surface area contributed by atoms with E-state index in [0.29, 0.717) is 30.0 Å². The summed E-state index contributed by atoms with van der Waals surface area (Å²) in [4.78, 5) is 14.6. The Bertz CT molecular complexity index is 646. The van der Waals surface area contributed by atoms with Gasteiger partial charge >= 0.3 is 0 Å². The number of hydrogen-bond donors (Lipinski definition) is 0. The fourth-order valence-electron chi connectivity index (χ4n) is 2.76. The van der Waals surface area contributed by atoms with Gasteiger partial charge in [-0.05, 0) is 24.5 Å². The summed E-state index contributed by atoms with van der Waals surface area (Å²) in [5.41, 5.74) is 3.91. The fourth-order valence-corrected chi connectivity index (χ4v) is 2.76. The zero-order valence-electron chi connectivity index (χ0n) is 11.8. The molecule has 4 nitrogen and oxygen atoms in total. The number of aryl methyl sites for hydroxylation is 2. The molecule has 0 bridgehead atoms. The number of fused-ring (bicyclic) bond motifs is 1. The number of amides is 1. The highest BCUT2D eigenvalue weighted by atomic mass is 16.5. The highest BCUT2D eigenvalue weighted by Gasteiger charge is 2.27. The van der Waals surface area contributed by atoms with Crippen molar-refractivity contribution in [2.45, 2.75) is 33.2 Å². The molecule has 1 aliphatic heterocycles. The maximum Gasteiger partial charge on any atom is 0.259 e. The van der Waals surface area contributed by atoms with Crippen LogP contribution in [0.5, 0.6) is 0 Å². The van der Waals surface area contributed by atoms with Crippen LogP contribution in [0.1, 0.15) is 39.9 Å². The summed E-state index contributed by atoms with van der Waals surface area (Å²) in [6.45, 7) is 5.22. The van der Waals surface area contributed by atoms with Gasteiger partial charge in [0.2, 0.25) is 0 Å². The molecule has 20 heavy (non-hydrogen) atoms. The Kier molecular flexibility index (Phi) is 3.30. The Balaban J connectivity index is 1.88. The van der Waals surface area contributed by atoms with Gasteiger partial charge in [0.05, 0.1) is 5.69 Å². The van der Waals surface area contributed by atoms with E-state index in [1.807, 2.05) is 24.8 Å². The molecule has 1 aliphatic rings. The van der Waals surface area contributed by atoms with Crippen LogP contribution >= 0.6 is 0 Å². The molecule has 104 valence electrons. The largest absolute Gasteiger partial charge is 0.360 e. The third-order valence-electron chi connectivity index (χ3n) is 3.89. The predicted molar refractivity (Wildman–Crippen MR) is 75.5 cm³/mol. The molecule has 0 fully saturated rings. The lowest BCUT2D eigenvalue weighted by atomic mass is 9.99. The first-order valence-electron chi connectivity index (χ1n) is 7.02. The summed E-state index contributed by atoms with van der Waals surface area (Å²) in [6, 6.07) is 8.31. The van der Waals surface area contributed by atoms with E-state index < -0.39 is 0 Å². The van der Waals surface area contributed by atoms with Crippen molar-refractivity contribution in [3.8, 4) is 0 Å². The van der Waals surface area contributed by atoms with Gasteiger partial charge in [-0.2, -0.15) is 0 Å². The third-order valence-corrected chi connectivity index (χ3v) is 3.89. The van der Waals surface area contributed by atoms with E-state index in [4.69, 9.17) is 4.52 Å². The van der Waals surface area contributed by atoms with E-state index in [0.717, 1.165) is 13.0 Å². The van der Waals surface area contributed by atoms with Crippen molar-refractivity contribution in [1.82, 2.24) is 10.1 Å². The van der Waals surface area contributed by atoms with Crippen LogP contribution in [-0.4, -0.2) is 22.5 Å². The van der Waals surface area contributed by atoms with E-state index >= 15 is 0 Å². The molecule has 2 aromatic rings. The summed E-state index contributed by atoms with van der Waals surface area (Å²) in [6.07, 6.45) is 1.60. The zero-order valence-corrected chi connectivity index (χ0v) is 11.8. The highest BCUT2D eigenvalue weighted by Crippen LogP contribution is 2.23. The molecule has 0 saturated heterocycles. The summed E-state index contributed by atoms with van der Waals surface area (Å²) >= 11 is 0. The number of carbonyl (C=O) groups is 1. The molecular formula is C16H18N2O2. The molecule has 0 unspecified atom stereocenters. The maximum absolute atomic E-state index is 12.7. The smallest absolute Gasteiger partial charge is 0.259 e. The van der Waals surface area contributed by atoms with Crippen molar-refractivity contribution in [2.24, 2.45) is 0 Å². The van der Waals surface area contributed by atoms with Crippen LogP contribution in [0.15, 0.2) is 28.8 Å². The molecule has 4 heteroatoms. The minimum Gasteiger partial charge on any atom is -0.360 e. The number of rotatable bonds is 2. The monoisotopic (exact) mass is 270 g/mol. The van der Waals surface area contributed by atoms with Gasteiger partial charge in [0.15, 0.2) is 0 Å². The first-order valence-corrected chi connectivity index (χ1v) is 7.02. The third kappa shape index (κ3) is 2.11. The first kappa shape index (κ1) is 12.9. The van der Waals surface area contributed by atoms with Gasteiger partial charge in [0.1, 0.15) is 11.3 Å². The lowest BCUT2D eigenvalue weighted by Crippen LogP contribution is -2.36. The molecule has 0 spiro atoms. The standard InChI is InChI=1S/C16H18N2O2/c1-3-14-15(11(2)17-20-14)16(19)18-9-8-12-6-4-5-7-13(12)10-18/h4-7H,3,8-10H2,1-2H3. The van der Waals surface area contributed by atoms with Crippen LogP contribution in [0.3, 0.4) is 0 Å². The van der Waals surface area contributed by atoms with Crippen LogP contribution in [0.2, 0.25) is 0 Å². The van der Waals surface area contributed by atoms with Gasteiger partial charge in [-0.15, -0.1) is 0 Å². The first-order chi connectivity index (χ1) is 9.70. The molecule has 0 aliphatic carbocycles. The lowest BCUT2D eigenvalue weighted by molar-refractivity contribution is 0.0732. The minimum atomic E-state index is 0.0371. The average molecular weight is 270 g/mol. The Morgan fingerprint density at radius 2 is 2.10 bits per heavy atom. The quantitative estimate of drug-likeness (QED) is 0.843. The predicted octanol–water partition coefficient (Wildman–Crippen LogP) is 2.74. The normalized spacial score (nSPS) is 14.2. The van der Waals surface area contributed by atoms with Crippen molar-refractivity contribution >= 4 is 5.91 Å². The second-order valence-corrected chi connectivity index (χ2v) is 5.17. The van der Waals surface area contributed by atoms with E-state index in [-0.39, 0.29) is 5.91 Å². The van der Waals surface area contributed by atoms with E-state index in [1.54, 1.807) is 0 Å². The molecule has 2 heterocycles. The number of nitrogens with zero attached hydrogens (tertiary/aromatic N) is 2. The molecule has 0 saturated carbocycles. The number of aromatic nitrogens is 1. The van der Waals surface area contributed by atoms with Gasteiger partial charge in [-0.1, -0.05) is 36.3 Å². The molecular weight excluding hydrogens is 252 g/mol. The second-order valence-electron chi connectivity index (χ2n) is 5.17. The van der Waals surface area contributed by atoms with Crippen molar-refractivity contribution in [2.75, 3.05) is 6.54 Å². The van der Waals surface area contributed by atoms with Gasteiger partial charge in [-0.25, -0.2) is 0 Å². The average Bonchev–Trinajstić information content (AvgIpc) is 2.87. The van der Waals surface area contributed by atoms with Crippen LogP contribution in [0, 0.1) is 6.92 Å². The molecule has 1 aromatic heterocycles.